The molecule has 0 radical (unpaired) electrons. The Morgan fingerprint density at radius 2 is 0.650 bits per heavy atom. The minimum atomic E-state index is 0.778. The van der Waals surface area contributed by atoms with E-state index in [1.807, 2.05) is 0 Å². The molecule has 0 heterocycles. The molecule has 0 unspecified atom stereocenters. The smallest absolute Gasteiger partial charge is 0.00670 e. The SMILES string of the molecule is CCCCCCCCC(CCCCCCCC)NCCCCCCCN(CCCCCC)CCCCCCCC. The first-order chi connectivity index (χ1) is 19.8. The summed E-state index contributed by atoms with van der Waals surface area (Å²) in [6.45, 7) is 14.6. The summed E-state index contributed by atoms with van der Waals surface area (Å²) >= 11 is 0. The van der Waals surface area contributed by atoms with Gasteiger partial charge in [0.2, 0.25) is 0 Å². The Morgan fingerprint density at radius 3 is 1.05 bits per heavy atom. The lowest BCUT2D eigenvalue weighted by Gasteiger charge is -2.22. The Labute approximate surface area is 256 Å². The predicted octanol–water partition coefficient (Wildman–Crippen LogP) is 12.6. The largest absolute Gasteiger partial charge is 0.314 e. The lowest BCUT2D eigenvalue weighted by molar-refractivity contribution is 0.254. The van der Waals surface area contributed by atoms with Crippen LogP contribution in [0.2, 0.25) is 0 Å². The van der Waals surface area contributed by atoms with E-state index in [1.54, 1.807) is 0 Å². The highest BCUT2D eigenvalue weighted by atomic mass is 15.1. The quantitative estimate of drug-likeness (QED) is 0.0770. The van der Waals surface area contributed by atoms with E-state index >= 15 is 0 Å². The monoisotopic (exact) mass is 565 g/mol. The molecule has 40 heavy (non-hydrogen) atoms. The molecule has 0 fully saturated rings. The molecule has 0 aromatic rings. The van der Waals surface area contributed by atoms with Crippen LogP contribution in [0.4, 0.5) is 0 Å². The third kappa shape index (κ3) is 30.9. The fraction of sp³-hybridized carbons (Fsp3) is 1.00. The Bertz CT molecular complexity index is 421. The summed E-state index contributed by atoms with van der Waals surface area (Å²) in [6.07, 6.45) is 41.2. The van der Waals surface area contributed by atoms with Gasteiger partial charge in [-0.2, -0.15) is 0 Å². The van der Waals surface area contributed by atoms with Crippen LogP contribution in [0.5, 0.6) is 0 Å². The molecular weight excluding hydrogens is 484 g/mol. The molecular formula is C38H80N2. The first kappa shape index (κ1) is 39.9. The first-order valence-electron chi connectivity index (χ1n) is 19.2. The van der Waals surface area contributed by atoms with Crippen molar-refractivity contribution in [1.82, 2.24) is 10.2 Å². The van der Waals surface area contributed by atoms with E-state index in [1.165, 1.54) is 212 Å². The molecule has 0 aromatic heterocycles. The second-order valence-corrected chi connectivity index (χ2v) is 13.2. The fourth-order valence-electron chi connectivity index (χ4n) is 6.20. The Kier molecular flexibility index (Phi) is 35.0. The molecule has 0 aromatic carbocycles. The normalized spacial score (nSPS) is 11.8. The number of unbranched alkanes of at least 4 members (excludes halogenated alkanes) is 22. The Balaban J connectivity index is 4.07. The molecule has 0 aliphatic heterocycles. The van der Waals surface area contributed by atoms with Crippen molar-refractivity contribution in [3.63, 3.8) is 0 Å². The van der Waals surface area contributed by atoms with E-state index in [4.69, 9.17) is 0 Å². The van der Waals surface area contributed by atoms with Gasteiger partial charge in [-0.1, -0.05) is 175 Å². The van der Waals surface area contributed by atoms with Gasteiger partial charge >= 0.3 is 0 Å². The minimum Gasteiger partial charge on any atom is -0.314 e. The molecule has 2 heteroatoms. The van der Waals surface area contributed by atoms with Gasteiger partial charge in [-0.15, -0.1) is 0 Å². The molecule has 0 bridgehead atoms. The average molecular weight is 565 g/mol. The third-order valence-corrected chi connectivity index (χ3v) is 9.05. The van der Waals surface area contributed by atoms with Crippen molar-refractivity contribution in [1.29, 1.82) is 0 Å². The standard InChI is InChI=1S/C38H80N2/c1-5-9-13-17-21-26-32-38(33-27-22-18-14-10-6-2)39-34-28-23-20-25-31-37-40(35-29-16-12-8-4)36-30-24-19-15-11-7-3/h38-39H,5-37H2,1-4H3. The highest BCUT2D eigenvalue weighted by molar-refractivity contribution is 4.68. The van der Waals surface area contributed by atoms with Crippen molar-refractivity contribution in [2.24, 2.45) is 0 Å². The van der Waals surface area contributed by atoms with Gasteiger partial charge in [-0.25, -0.2) is 0 Å². The summed E-state index contributed by atoms with van der Waals surface area (Å²) in [5.74, 6) is 0. The Morgan fingerprint density at radius 1 is 0.350 bits per heavy atom. The summed E-state index contributed by atoms with van der Waals surface area (Å²) in [7, 11) is 0. The molecule has 0 amide bonds. The number of nitrogens with one attached hydrogen (secondary N) is 1. The summed E-state index contributed by atoms with van der Waals surface area (Å²) in [4.78, 5) is 2.81. The van der Waals surface area contributed by atoms with Crippen LogP contribution in [-0.2, 0) is 0 Å². The van der Waals surface area contributed by atoms with Crippen molar-refractivity contribution < 1.29 is 0 Å². The van der Waals surface area contributed by atoms with E-state index in [-0.39, 0.29) is 0 Å². The van der Waals surface area contributed by atoms with Crippen LogP contribution in [0.1, 0.15) is 214 Å². The van der Waals surface area contributed by atoms with Crippen LogP contribution in [0.3, 0.4) is 0 Å². The number of hydrogen-bond donors (Lipinski definition) is 1. The van der Waals surface area contributed by atoms with Crippen LogP contribution in [0.25, 0.3) is 0 Å². The highest BCUT2D eigenvalue weighted by Gasteiger charge is 2.08. The van der Waals surface area contributed by atoms with Gasteiger partial charge in [-0.05, 0) is 64.7 Å². The third-order valence-electron chi connectivity index (χ3n) is 9.05. The molecule has 0 spiro atoms. The lowest BCUT2D eigenvalue weighted by Crippen LogP contribution is -2.30. The maximum Gasteiger partial charge on any atom is 0.00670 e. The molecule has 0 aliphatic carbocycles. The first-order valence-corrected chi connectivity index (χ1v) is 19.2. The van der Waals surface area contributed by atoms with E-state index in [0.29, 0.717) is 0 Å². The van der Waals surface area contributed by atoms with Crippen molar-refractivity contribution in [2.75, 3.05) is 26.2 Å². The van der Waals surface area contributed by atoms with Gasteiger partial charge in [-0.3, -0.25) is 0 Å². The molecule has 242 valence electrons. The molecule has 1 N–H and O–H groups in total. The van der Waals surface area contributed by atoms with Crippen LogP contribution in [0.15, 0.2) is 0 Å². The van der Waals surface area contributed by atoms with Gasteiger partial charge in [0.15, 0.2) is 0 Å². The van der Waals surface area contributed by atoms with Crippen molar-refractivity contribution >= 4 is 0 Å². The van der Waals surface area contributed by atoms with Gasteiger partial charge in [0, 0.05) is 6.04 Å². The average Bonchev–Trinajstić information content (AvgIpc) is 2.96. The molecule has 2 nitrogen and oxygen atoms in total. The molecule has 0 rings (SSSR count). The second kappa shape index (κ2) is 35.1. The maximum atomic E-state index is 4.00. The lowest BCUT2D eigenvalue weighted by atomic mass is 10.00. The molecule has 0 saturated carbocycles. The van der Waals surface area contributed by atoms with E-state index in [0.717, 1.165) is 6.04 Å². The van der Waals surface area contributed by atoms with Gasteiger partial charge in [0.1, 0.15) is 0 Å². The summed E-state index contributed by atoms with van der Waals surface area (Å²) in [5.41, 5.74) is 0. The van der Waals surface area contributed by atoms with Gasteiger partial charge in [0.05, 0.1) is 0 Å². The zero-order valence-corrected chi connectivity index (χ0v) is 28.9. The van der Waals surface area contributed by atoms with E-state index < -0.39 is 0 Å². The van der Waals surface area contributed by atoms with Crippen molar-refractivity contribution in [3.8, 4) is 0 Å². The van der Waals surface area contributed by atoms with Crippen molar-refractivity contribution in [3.05, 3.63) is 0 Å². The number of rotatable bonds is 35. The van der Waals surface area contributed by atoms with Crippen LogP contribution < -0.4 is 5.32 Å². The van der Waals surface area contributed by atoms with Crippen LogP contribution in [-0.4, -0.2) is 37.1 Å². The highest BCUT2D eigenvalue weighted by Crippen LogP contribution is 2.15. The zero-order chi connectivity index (χ0) is 29.2. The number of hydrogen-bond acceptors (Lipinski definition) is 2. The Hall–Kier alpha value is -0.0800. The number of nitrogens with zero attached hydrogens (tertiary/aromatic N) is 1. The van der Waals surface area contributed by atoms with Gasteiger partial charge in [0.25, 0.3) is 0 Å². The van der Waals surface area contributed by atoms with Crippen molar-refractivity contribution in [2.45, 2.75) is 220 Å². The molecule has 0 atom stereocenters. The molecule has 0 saturated heterocycles. The zero-order valence-electron chi connectivity index (χ0n) is 28.9. The summed E-state index contributed by atoms with van der Waals surface area (Å²) in [5, 5.41) is 4.00. The summed E-state index contributed by atoms with van der Waals surface area (Å²) < 4.78 is 0. The van der Waals surface area contributed by atoms with Gasteiger partial charge < -0.3 is 10.2 Å². The van der Waals surface area contributed by atoms with Crippen LogP contribution >= 0.6 is 0 Å². The van der Waals surface area contributed by atoms with E-state index in [9.17, 15) is 0 Å². The van der Waals surface area contributed by atoms with Crippen LogP contribution in [0, 0.1) is 0 Å². The topological polar surface area (TPSA) is 15.3 Å². The fourth-order valence-corrected chi connectivity index (χ4v) is 6.20. The summed E-state index contributed by atoms with van der Waals surface area (Å²) in [6, 6.07) is 0.778. The maximum absolute atomic E-state index is 4.00. The second-order valence-electron chi connectivity index (χ2n) is 13.2. The van der Waals surface area contributed by atoms with E-state index in [2.05, 4.69) is 37.9 Å². The predicted molar refractivity (Wildman–Crippen MR) is 185 cm³/mol. The minimum absolute atomic E-state index is 0.778. The molecule has 0 aliphatic rings.